The Labute approximate surface area is 99.5 Å². The van der Waals surface area contributed by atoms with Gasteiger partial charge in [0.2, 0.25) is 0 Å². The molecular formula is C11H14ClNO3. The molecule has 0 bridgehead atoms. The van der Waals surface area contributed by atoms with Gasteiger partial charge in [-0.05, 0) is 36.5 Å². The van der Waals surface area contributed by atoms with Crippen molar-refractivity contribution in [2.45, 2.75) is 18.9 Å². The molecule has 0 unspecified atom stereocenters. The summed E-state index contributed by atoms with van der Waals surface area (Å²) in [6.07, 6.45) is 2.20. The van der Waals surface area contributed by atoms with Crippen LogP contribution in [0.4, 0.5) is 0 Å². The summed E-state index contributed by atoms with van der Waals surface area (Å²) in [5.74, 6) is -0.872. The van der Waals surface area contributed by atoms with E-state index in [1.54, 1.807) is 6.07 Å². The first kappa shape index (κ1) is 12.8. The van der Waals surface area contributed by atoms with Crippen molar-refractivity contribution in [3.05, 3.63) is 29.3 Å². The van der Waals surface area contributed by atoms with E-state index in [9.17, 15) is 9.90 Å². The fourth-order valence-electron chi connectivity index (χ4n) is 1.66. The molecule has 0 radical (unpaired) electrons. The van der Waals surface area contributed by atoms with Crippen LogP contribution >= 0.6 is 12.4 Å². The second kappa shape index (κ2) is 4.72. The zero-order valence-corrected chi connectivity index (χ0v) is 9.41. The molecule has 0 amide bonds. The van der Waals surface area contributed by atoms with Crippen molar-refractivity contribution in [3.63, 3.8) is 0 Å². The van der Waals surface area contributed by atoms with E-state index in [2.05, 4.69) is 0 Å². The Morgan fingerprint density at radius 1 is 1.44 bits per heavy atom. The molecule has 1 aliphatic carbocycles. The number of nitrogens with two attached hydrogens (primary N) is 1. The van der Waals surface area contributed by atoms with Crippen LogP contribution in [0.2, 0.25) is 0 Å². The van der Waals surface area contributed by atoms with E-state index < -0.39 is 5.97 Å². The third-order valence-corrected chi connectivity index (χ3v) is 2.77. The molecule has 1 saturated carbocycles. The molecule has 4 nitrogen and oxygen atoms in total. The van der Waals surface area contributed by atoms with Gasteiger partial charge in [0.05, 0.1) is 0 Å². The minimum Gasteiger partial charge on any atom is -0.507 e. The van der Waals surface area contributed by atoms with Crippen molar-refractivity contribution < 1.29 is 15.0 Å². The molecule has 0 aromatic heterocycles. The zero-order chi connectivity index (χ0) is 11.0. The van der Waals surface area contributed by atoms with E-state index >= 15 is 0 Å². The van der Waals surface area contributed by atoms with Gasteiger partial charge in [-0.15, -0.1) is 12.4 Å². The monoisotopic (exact) mass is 243 g/mol. The van der Waals surface area contributed by atoms with Crippen molar-refractivity contribution in [1.82, 2.24) is 0 Å². The van der Waals surface area contributed by atoms with Crippen LogP contribution in [0.1, 0.15) is 34.8 Å². The summed E-state index contributed by atoms with van der Waals surface area (Å²) in [5, 5.41) is 18.1. The average molecular weight is 244 g/mol. The van der Waals surface area contributed by atoms with Gasteiger partial charge in [-0.25, -0.2) is 4.79 Å². The number of carboxylic acid groups (broad SMARTS) is 1. The van der Waals surface area contributed by atoms with Crippen molar-refractivity contribution >= 4 is 18.4 Å². The first-order chi connectivity index (χ1) is 7.09. The standard InChI is InChI=1S/C11H13NO3.ClH/c12-10(6-1-2-6)7-3-4-9(13)8(5-7)11(14)15;/h3-6,10,13H,1-2,12H2,(H,14,15);1H/t10-;/m1./s1. The number of aromatic carboxylic acids is 1. The number of hydrogen-bond acceptors (Lipinski definition) is 3. The van der Waals surface area contributed by atoms with Gasteiger partial charge in [0.25, 0.3) is 0 Å². The molecule has 5 heteroatoms. The van der Waals surface area contributed by atoms with Gasteiger partial charge in [-0.3, -0.25) is 0 Å². The Kier molecular flexibility index (Phi) is 3.78. The van der Waals surface area contributed by atoms with Crippen LogP contribution in [0, 0.1) is 5.92 Å². The highest BCUT2D eigenvalue weighted by Gasteiger charge is 2.30. The van der Waals surface area contributed by atoms with Gasteiger partial charge in [0, 0.05) is 6.04 Å². The number of benzene rings is 1. The van der Waals surface area contributed by atoms with Gasteiger partial charge >= 0.3 is 5.97 Å². The lowest BCUT2D eigenvalue weighted by atomic mass is 10.0. The number of carbonyl (C=O) groups is 1. The van der Waals surface area contributed by atoms with Crippen LogP contribution in [0.5, 0.6) is 5.75 Å². The van der Waals surface area contributed by atoms with Gasteiger partial charge in [-0.1, -0.05) is 6.07 Å². The van der Waals surface area contributed by atoms with Crippen molar-refractivity contribution in [2.75, 3.05) is 0 Å². The van der Waals surface area contributed by atoms with E-state index in [1.807, 2.05) is 0 Å². The third kappa shape index (κ3) is 2.46. The van der Waals surface area contributed by atoms with Gasteiger partial charge in [0.1, 0.15) is 11.3 Å². The summed E-state index contributed by atoms with van der Waals surface area (Å²) in [4.78, 5) is 10.8. The Morgan fingerprint density at radius 2 is 2.06 bits per heavy atom. The summed E-state index contributed by atoms with van der Waals surface area (Å²) < 4.78 is 0. The fraction of sp³-hybridized carbons (Fsp3) is 0.364. The number of carboxylic acids is 1. The number of hydrogen-bond donors (Lipinski definition) is 3. The minimum absolute atomic E-state index is 0. The lowest BCUT2D eigenvalue weighted by molar-refractivity contribution is 0.0693. The largest absolute Gasteiger partial charge is 0.507 e. The lowest BCUT2D eigenvalue weighted by Gasteiger charge is -2.11. The summed E-state index contributed by atoms with van der Waals surface area (Å²) in [6, 6.07) is 4.43. The number of rotatable bonds is 3. The molecule has 1 fully saturated rings. The molecule has 2 rings (SSSR count). The molecule has 16 heavy (non-hydrogen) atoms. The lowest BCUT2D eigenvalue weighted by Crippen LogP contribution is -2.13. The Bertz CT molecular complexity index is 404. The zero-order valence-electron chi connectivity index (χ0n) is 8.59. The van der Waals surface area contributed by atoms with Crippen LogP contribution in [-0.2, 0) is 0 Å². The normalized spacial score (nSPS) is 16.3. The minimum atomic E-state index is -1.13. The molecular weight excluding hydrogens is 230 g/mol. The van der Waals surface area contributed by atoms with E-state index in [0.717, 1.165) is 18.4 Å². The van der Waals surface area contributed by atoms with Crippen LogP contribution in [-0.4, -0.2) is 16.2 Å². The van der Waals surface area contributed by atoms with E-state index in [-0.39, 0.29) is 29.8 Å². The molecule has 0 saturated heterocycles. The van der Waals surface area contributed by atoms with Gasteiger partial charge in [-0.2, -0.15) is 0 Å². The Hall–Kier alpha value is -1.26. The first-order valence-corrected chi connectivity index (χ1v) is 4.91. The molecule has 1 aromatic rings. The topological polar surface area (TPSA) is 83.5 Å². The maximum Gasteiger partial charge on any atom is 0.339 e. The molecule has 0 spiro atoms. The SMILES string of the molecule is Cl.N[C@@H](c1ccc(O)c(C(=O)O)c1)C1CC1. The molecule has 0 heterocycles. The molecule has 0 aliphatic heterocycles. The molecule has 88 valence electrons. The highest BCUT2D eigenvalue weighted by Crippen LogP contribution is 2.40. The Morgan fingerprint density at radius 3 is 2.56 bits per heavy atom. The summed E-state index contributed by atoms with van der Waals surface area (Å²) in [7, 11) is 0. The predicted octanol–water partition coefficient (Wildman–Crippen LogP) is 1.92. The quantitative estimate of drug-likeness (QED) is 0.757. The van der Waals surface area contributed by atoms with E-state index in [4.69, 9.17) is 10.8 Å². The molecule has 1 aliphatic rings. The van der Waals surface area contributed by atoms with E-state index in [0.29, 0.717) is 5.92 Å². The second-order valence-corrected chi connectivity index (χ2v) is 3.94. The third-order valence-electron chi connectivity index (χ3n) is 2.77. The Balaban J connectivity index is 0.00000128. The van der Waals surface area contributed by atoms with Crippen LogP contribution in [0.3, 0.4) is 0 Å². The average Bonchev–Trinajstić information content (AvgIpc) is 3.00. The van der Waals surface area contributed by atoms with E-state index in [1.165, 1.54) is 12.1 Å². The number of aromatic hydroxyl groups is 1. The molecule has 1 aromatic carbocycles. The number of phenols is 1. The predicted molar refractivity (Wildman–Crippen MR) is 62.0 cm³/mol. The summed E-state index contributed by atoms with van der Waals surface area (Å²) in [5.41, 5.74) is 6.65. The fourth-order valence-corrected chi connectivity index (χ4v) is 1.66. The smallest absolute Gasteiger partial charge is 0.339 e. The first-order valence-electron chi connectivity index (χ1n) is 4.91. The van der Waals surface area contributed by atoms with Crippen molar-refractivity contribution in [2.24, 2.45) is 11.7 Å². The maximum absolute atomic E-state index is 10.8. The van der Waals surface area contributed by atoms with Crippen molar-refractivity contribution in [1.29, 1.82) is 0 Å². The van der Waals surface area contributed by atoms with Gasteiger partial charge in [0.15, 0.2) is 0 Å². The van der Waals surface area contributed by atoms with Gasteiger partial charge < -0.3 is 15.9 Å². The maximum atomic E-state index is 10.8. The van der Waals surface area contributed by atoms with Crippen molar-refractivity contribution in [3.8, 4) is 5.75 Å². The molecule has 4 N–H and O–H groups in total. The van der Waals surface area contributed by atoms with Crippen LogP contribution < -0.4 is 5.73 Å². The highest BCUT2D eigenvalue weighted by atomic mass is 35.5. The second-order valence-electron chi connectivity index (χ2n) is 3.94. The summed E-state index contributed by atoms with van der Waals surface area (Å²) in [6.45, 7) is 0. The summed E-state index contributed by atoms with van der Waals surface area (Å²) >= 11 is 0. The molecule has 1 atom stereocenters. The van der Waals surface area contributed by atoms with Crippen LogP contribution in [0.15, 0.2) is 18.2 Å². The van der Waals surface area contributed by atoms with Crippen LogP contribution in [0.25, 0.3) is 0 Å². The highest BCUT2D eigenvalue weighted by molar-refractivity contribution is 5.90. The number of halogens is 1.